The maximum Gasteiger partial charge on any atom is 0.251 e. The molecular weight excluding hydrogens is 368 g/mol. The molecule has 162 valence electrons. The normalized spacial score (nSPS) is 15.0. The van der Waals surface area contributed by atoms with Gasteiger partial charge in [-0.2, -0.15) is 0 Å². The molecule has 1 aromatic carbocycles. The van der Waals surface area contributed by atoms with Crippen LogP contribution in [0.4, 0.5) is 0 Å². The second-order valence-corrected chi connectivity index (χ2v) is 7.16. The molecule has 1 saturated carbocycles. The molecule has 2 rings (SSSR count). The molecule has 1 aliphatic carbocycles. The molecule has 0 radical (unpaired) electrons. The van der Waals surface area contributed by atoms with Crippen molar-refractivity contribution >= 4 is 11.9 Å². The van der Waals surface area contributed by atoms with E-state index in [1.54, 1.807) is 31.4 Å². The van der Waals surface area contributed by atoms with E-state index < -0.39 is 0 Å². The molecule has 7 heteroatoms. The highest BCUT2D eigenvalue weighted by atomic mass is 16.5. The van der Waals surface area contributed by atoms with E-state index in [4.69, 9.17) is 9.47 Å². The fourth-order valence-electron chi connectivity index (χ4n) is 3.28. The number of guanidine groups is 1. The van der Waals surface area contributed by atoms with E-state index >= 15 is 0 Å². The molecule has 0 unspecified atom stereocenters. The molecule has 0 aliphatic heterocycles. The SMILES string of the molecule is CCNC(=NCCCOC1CCCCC1)NCCNC(=O)c1ccc(OC)cc1. The third-order valence-corrected chi connectivity index (χ3v) is 4.88. The summed E-state index contributed by atoms with van der Waals surface area (Å²) >= 11 is 0. The molecule has 0 heterocycles. The summed E-state index contributed by atoms with van der Waals surface area (Å²) in [5, 5.41) is 9.38. The first-order valence-electron chi connectivity index (χ1n) is 10.8. The van der Waals surface area contributed by atoms with Crippen molar-refractivity contribution in [2.24, 2.45) is 4.99 Å². The average Bonchev–Trinajstić information content (AvgIpc) is 2.77. The summed E-state index contributed by atoms with van der Waals surface area (Å²) in [6.45, 7) is 5.44. The van der Waals surface area contributed by atoms with Gasteiger partial charge in [-0.3, -0.25) is 9.79 Å². The van der Waals surface area contributed by atoms with Crippen molar-refractivity contribution in [2.45, 2.75) is 51.6 Å². The van der Waals surface area contributed by atoms with Crippen LogP contribution in [0, 0.1) is 0 Å². The summed E-state index contributed by atoms with van der Waals surface area (Å²) in [4.78, 5) is 16.7. The molecule has 1 aliphatic rings. The zero-order valence-corrected chi connectivity index (χ0v) is 17.8. The van der Waals surface area contributed by atoms with Gasteiger partial charge in [-0.1, -0.05) is 19.3 Å². The number of methoxy groups -OCH3 is 1. The van der Waals surface area contributed by atoms with Crippen molar-refractivity contribution in [1.82, 2.24) is 16.0 Å². The standard InChI is InChI=1S/C22H36N4O3/c1-3-23-22(25-14-7-17-29-20-8-5-4-6-9-20)26-16-15-24-21(27)18-10-12-19(28-2)13-11-18/h10-13,20H,3-9,14-17H2,1-2H3,(H,24,27)(H2,23,25,26). The third kappa shape index (κ3) is 9.17. The van der Waals surface area contributed by atoms with Crippen LogP contribution in [-0.4, -0.2) is 57.9 Å². The lowest BCUT2D eigenvalue weighted by Crippen LogP contribution is -2.41. The highest BCUT2D eigenvalue weighted by molar-refractivity contribution is 5.94. The van der Waals surface area contributed by atoms with Crippen molar-refractivity contribution in [2.75, 3.05) is 39.9 Å². The number of carbonyl (C=O) groups is 1. The molecule has 1 aromatic rings. The van der Waals surface area contributed by atoms with Crippen LogP contribution >= 0.6 is 0 Å². The van der Waals surface area contributed by atoms with Crippen molar-refractivity contribution < 1.29 is 14.3 Å². The number of nitrogens with zero attached hydrogens (tertiary/aromatic N) is 1. The lowest BCUT2D eigenvalue weighted by Gasteiger charge is -2.21. The van der Waals surface area contributed by atoms with Crippen LogP contribution < -0.4 is 20.7 Å². The minimum absolute atomic E-state index is 0.101. The number of aliphatic imine (C=N–C) groups is 1. The van der Waals surface area contributed by atoms with E-state index in [0.29, 0.717) is 24.8 Å². The smallest absolute Gasteiger partial charge is 0.251 e. The number of carbonyl (C=O) groups excluding carboxylic acids is 1. The zero-order valence-electron chi connectivity index (χ0n) is 17.8. The van der Waals surface area contributed by atoms with Crippen molar-refractivity contribution in [3.63, 3.8) is 0 Å². The van der Waals surface area contributed by atoms with Crippen LogP contribution in [0.15, 0.2) is 29.3 Å². The van der Waals surface area contributed by atoms with Crippen molar-refractivity contribution in [3.8, 4) is 5.75 Å². The lowest BCUT2D eigenvalue weighted by atomic mass is 9.98. The first kappa shape index (κ1) is 23.0. The van der Waals surface area contributed by atoms with Crippen LogP contribution in [0.2, 0.25) is 0 Å². The largest absolute Gasteiger partial charge is 0.497 e. The van der Waals surface area contributed by atoms with E-state index in [1.165, 1.54) is 32.1 Å². The van der Waals surface area contributed by atoms with Gasteiger partial charge in [0.05, 0.1) is 13.2 Å². The zero-order chi connectivity index (χ0) is 20.7. The van der Waals surface area contributed by atoms with Crippen molar-refractivity contribution in [1.29, 1.82) is 0 Å². The predicted octanol–water partition coefficient (Wildman–Crippen LogP) is 2.72. The Morgan fingerprint density at radius 3 is 2.48 bits per heavy atom. The van der Waals surface area contributed by atoms with E-state index in [-0.39, 0.29) is 5.91 Å². The van der Waals surface area contributed by atoms with Crippen LogP contribution in [0.3, 0.4) is 0 Å². The topological polar surface area (TPSA) is 84.0 Å². The van der Waals surface area contributed by atoms with E-state index in [2.05, 4.69) is 20.9 Å². The Morgan fingerprint density at radius 2 is 1.79 bits per heavy atom. The summed E-state index contributed by atoms with van der Waals surface area (Å²) in [5.41, 5.74) is 0.615. The molecule has 29 heavy (non-hydrogen) atoms. The first-order chi connectivity index (χ1) is 14.2. The van der Waals surface area contributed by atoms with Gasteiger partial charge in [0.15, 0.2) is 5.96 Å². The predicted molar refractivity (Wildman–Crippen MR) is 117 cm³/mol. The molecule has 0 spiro atoms. The van der Waals surface area contributed by atoms with Gasteiger partial charge in [0.2, 0.25) is 0 Å². The summed E-state index contributed by atoms with van der Waals surface area (Å²) in [7, 11) is 1.61. The number of amides is 1. The Hall–Kier alpha value is -2.28. The number of nitrogens with one attached hydrogen (secondary N) is 3. The van der Waals surface area contributed by atoms with Gasteiger partial charge in [-0.25, -0.2) is 0 Å². The Kier molecular flexibility index (Phi) is 11.0. The van der Waals surface area contributed by atoms with Gasteiger partial charge < -0.3 is 25.4 Å². The second-order valence-electron chi connectivity index (χ2n) is 7.16. The number of hydrogen-bond donors (Lipinski definition) is 3. The Bertz CT molecular complexity index is 613. The quantitative estimate of drug-likeness (QED) is 0.300. The third-order valence-electron chi connectivity index (χ3n) is 4.88. The Balaban J connectivity index is 1.61. The highest BCUT2D eigenvalue weighted by Gasteiger charge is 2.12. The maximum atomic E-state index is 12.1. The molecule has 7 nitrogen and oxygen atoms in total. The summed E-state index contributed by atoms with van der Waals surface area (Å²) in [5.74, 6) is 1.40. The fraction of sp³-hybridized carbons (Fsp3) is 0.636. The molecule has 0 saturated heterocycles. The molecule has 0 atom stereocenters. The summed E-state index contributed by atoms with van der Waals surface area (Å²) in [6, 6.07) is 7.06. The Morgan fingerprint density at radius 1 is 1.07 bits per heavy atom. The second kappa shape index (κ2) is 13.8. The van der Waals surface area contributed by atoms with Crippen LogP contribution in [0.25, 0.3) is 0 Å². The molecule has 1 amide bonds. The van der Waals surface area contributed by atoms with Crippen LogP contribution in [0.5, 0.6) is 5.75 Å². The number of ether oxygens (including phenoxy) is 2. The van der Waals surface area contributed by atoms with Gasteiger partial charge in [0, 0.05) is 38.3 Å². The molecule has 1 fully saturated rings. The minimum atomic E-state index is -0.101. The van der Waals surface area contributed by atoms with Crippen molar-refractivity contribution in [3.05, 3.63) is 29.8 Å². The van der Waals surface area contributed by atoms with Gasteiger partial charge in [-0.05, 0) is 50.5 Å². The van der Waals surface area contributed by atoms with E-state index in [0.717, 1.165) is 37.8 Å². The molecule has 0 bridgehead atoms. The molecule has 0 aromatic heterocycles. The van der Waals surface area contributed by atoms with Gasteiger partial charge >= 0.3 is 0 Å². The number of rotatable bonds is 11. The minimum Gasteiger partial charge on any atom is -0.497 e. The number of hydrogen-bond acceptors (Lipinski definition) is 4. The maximum absolute atomic E-state index is 12.1. The lowest BCUT2D eigenvalue weighted by molar-refractivity contribution is 0.0281. The highest BCUT2D eigenvalue weighted by Crippen LogP contribution is 2.20. The van der Waals surface area contributed by atoms with E-state index in [1.807, 2.05) is 6.92 Å². The summed E-state index contributed by atoms with van der Waals surface area (Å²) in [6.07, 6.45) is 7.72. The van der Waals surface area contributed by atoms with Crippen LogP contribution in [-0.2, 0) is 4.74 Å². The van der Waals surface area contributed by atoms with Gasteiger partial charge in [-0.15, -0.1) is 0 Å². The average molecular weight is 405 g/mol. The first-order valence-corrected chi connectivity index (χ1v) is 10.8. The number of benzene rings is 1. The van der Waals surface area contributed by atoms with Gasteiger partial charge in [0.25, 0.3) is 5.91 Å². The Labute approximate surface area is 174 Å². The van der Waals surface area contributed by atoms with Gasteiger partial charge in [0.1, 0.15) is 5.75 Å². The van der Waals surface area contributed by atoms with E-state index in [9.17, 15) is 4.79 Å². The molecular formula is C22H36N4O3. The monoisotopic (exact) mass is 404 g/mol. The van der Waals surface area contributed by atoms with Crippen LogP contribution in [0.1, 0.15) is 55.8 Å². The summed E-state index contributed by atoms with van der Waals surface area (Å²) < 4.78 is 11.0. The molecule has 3 N–H and O–H groups in total. The fourth-order valence-corrected chi connectivity index (χ4v) is 3.28.